The summed E-state index contributed by atoms with van der Waals surface area (Å²) in [4.78, 5) is 52.3. The van der Waals surface area contributed by atoms with E-state index in [-0.39, 0.29) is 36.5 Å². The second-order valence-electron chi connectivity index (χ2n) is 9.24. The molecule has 0 bridgehead atoms. The molecule has 1 aliphatic rings. The molecule has 4 heterocycles. The zero-order chi connectivity index (χ0) is 26.0. The van der Waals surface area contributed by atoms with E-state index in [2.05, 4.69) is 20.6 Å². The Bertz CT molecular complexity index is 1190. The van der Waals surface area contributed by atoms with Crippen molar-refractivity contribution in [2.24, 2.45) is 0 Å². The summed E-state index contributed by atoms with van der Waals surface area (Å²) in [7, 11) is 0. The molecule has 1 fully saturated rings. The lowest BCUT2D eigenvalue weighted by Crippen LogP contribution is -2.39. The summed E-state index contributed by atoms with van der Waals surface area (Å²) in [5.74, 6) is -0.260. The van der Waals surface area contributed by atoms with Gasteiger partial charge in [0, 0.05) is 69.2 Å². The van der Waals surface area contributed by atoms with E-state index in [0.29, 0.717) is 30.9 Å². The van der Waals surface area contributed by atoms with E-state index < -0.39 is 0 Å². The average Bonchev–Trinajstić information content (AvgIpc) is 3.44. The van der Waals surface area contributed by atoms with Crippen molar-refractivity contribution in [1.82, 2.24) is 29.7 Å². The summed E-state index contributed by atoms with van der Waals surface area (Å²) in [6.07, 6.45) is 11.1. The number of aromatic nitrogens is 4. The highest BCUT2D eigenvalue weighted by molar-refractivity contribution is 5.95. The van der Waals surface area contributed by atoms with E-state index in [4.69, 9.17) is 4.98 Å². The summed E-state index contributed by atoms with van der Waals surface area (Å²) in [6.45, 7) is 4.43. The van der Waals surface area contributed by atoms with Crippen molar-refractivity contribution < 1.29 is 14.4 Å². The van der Waals surface area contributed by atoms with Gasteiger partial charge in [-0.2, -0.15) is 0 Å². The van der Waals surface area contributed by atoms with Crippen LogP contribution in [0.25, 0.3) is 0 Å². The maximum Gasteiger partial charge on any atom is 0.253 e. The van der Waals surface area contributed by atoms with Gasteiger partial charge in [-0.1, -0.05) is 0 Å². The highest BCUT2D eigenvalue weighted by Crippen LogP contribution is 2.30. The standard InChI is InChI=1S/C27H33N7O3/c1-20-5-6-23(27(37)30-12-3-14-33-17-13-29-19-33)26(31-20)21-9-15-34(16-10-21)25(36)8-7-24(35)32-22-4-2-11-28-18-22/h2,4-6,11,13,17-19,21H,3,7-10,12,14-16H2,1H3,(H,30,37)(H,32,35). The Morgan fingerprint density at radius 1 is 1.05 bits per heavy atom. The second-order valence-corrected chi connectivity index (χ2v) is 9.24. The molecular weight excluding hydrogens is 470 g/mol. The summed E-state index contributed by atoms with van der Waals surface area (Å²) in [6, 6.07) is 7.21. The number of likely N-dealkylation sites (tertiary alicyclic amines) is 1. The number of aryl methyl sites for hydroxylation is 2. The molecule has 37 heavy (non-hydrogen) atoms. The minimum atomic E-state index is -0.208. The number of pyridine rings is 2. The smallest absolute Gasteiger partial charge is 0.253 e. The van der Waals surface area contributed by atoms with Crippen LogP contribution in [0.3, 0.4) is 0 Å². The van der Waals surface area contributed by atoms with Crippen LogP contribution in [0.5, 0.6) is 0 Å². The molecule has 0 atom stereocenters. The first kappa shape index (κ1) is 26.0. The van der Waals surface area contributed by atoms with E-state index in [9.17, 15) is 14.4 Å². The number of amides is 3. The first-order valence-electron chi connectivity index (χ1n) is 12.7. The van der Waals surface area contributed by atoms with E-state index in [1.807, 2.05) is 29.8 Å². The van der Waals surface area contributed by atoms with Gasteiger partial charge in [-0.15, -0.1) is 0 Å². The molecule has 3 aromatic rings. The molecule has 0 aliphatic carbocycles. The van der Waals surface area contributed by atoms with Gasteiger partial charge in [-0.05, 0) is 50.5 Å². The largest absolute Gasteiger partial charge is 0.352 e. The molecule has 10 nitrogen and oxygen atoms in total. The number of anilines is 1. The Balaban J connectivity index is 1.26. The highest BCUT2D eigenvalue weighted by Gasteiger charge is 2.28. The third kappa shape index (κ3) is 7.45. The molecule has 1 saturated heterocycles. The third-order valence-corrected chi connectivity index (χ3v) is 6.49. The SMILES string of the molecule is Cc1ccc(C(=O)NCCCn2ccnc2)c(C2CCN(C(=O)CCC(=O)Nc3cccnc3)CC2)n1. The second kappa shape index (κ2) is 12.8. The predicted octanol–water partition coefficient (Wildman–Crippen LogP) is 2.93. The van der Waals surface area contributed by atoms with Crippen LogP contribution in [-0.4, -0.2) is 61.8 Å². The molecule has 0 spiro atoms. The van der Waals surface area contributed by atoms with Gasteiger partial charge in [0.1, 0.15) is 0 Å². The van der Waals surface area contributed by atoms with Crippen molar-refractivity contribution in [1.29, 1.82) is 0 Å². The van der Waals surface area contributed by atoms with Crippen LogP contribution in [0.4, 0.5) is 5.69 Å². The molecule has 3 amide bonds. The zero-order valence-electron chi connectivity index (χ0n) is 21.1. The molecule has 1 aliphatic heterocycles. The van der Waals surface area contributed by atoms with Crippen LogP contribution in [0.2, 0.25) is 0 Å². The van der Waals surface area contributed by atoms with Crippen molar-refractivity contribution in [3.05, 3.63) is 72.3 Å². The van der Waals surface area contributed by atoms with E-state index >= 15 is 0 Å². The maximum atomic E-state index is 13.0. The van der Waals surface area contributed by atoms with Crippen LogP contribution in [0.15, 0.2) is 55.4 Å². The Morgan fingerprint density at radius 3 is 2.62 bits per heavy atom. The monoisotopic (exact) mass is 503 g/mol. The number of nitrogens with zero attached hydrogens (tertiary/aromatic N) is 5. The van der Waals surface area contributed by atoms with Crippen LogP contribution in [0.1, 0.15) is 59.8 Å². The first-order chi connectivity index (χ1) is 18.0. The van der Waals surface area contributed by atoms with Gasteiger partial charge < -0.3 is 20.1 Å². The number of nitrogens with one attached hydrogen (secondary N) is 2. The fourth-order valence-electron chi connectivity index (χ4n) is 4.50. The van der Waals surface area contributed by atoms with E-state index in [1.165, 1.54) is 0 Å². The summed E-state index contributed by atoms with van der Waals surface area (Å²) in [5.41, 5.74) is 2.88. The van der Waals surface area contributed by atoms with Gasteiger partial charge >= 0.3 is 0 Å². The molecule has 0 saturated carbocycles. The predicted molar refractivity (Wildman–Crippen MR) is 139 cm³/mol. The third-order valence-electron chi connectivity index (χ3n) is 6.49. The molecular formula is C27H33N7O3. The Labute approximate surface area is 216 Å². The molecule has 0 unspecified atom stereocenters. The summed E-state index contributed by atoms with van der Waals surface area (Å²) < 4.78 is 1.98. The summed E-state index contributed by atoms with van der Waals surface area (Å²) >= 11 is 0. The lowest BCUT2D eigenvalue weighted by Gasteiger charge is -2.32. The molecule has 2 N–H and O–H groups in total. The average molecular weight is 504 g/mol. The van der Waals surface area contributed by atoms with Gasteiger partial charge in [-0.3, -0.25) is 24.4 Å². The number of carbonyl (C=O) groups is 3. The number of rotatable bonds is 10. The Kier molecular flexibility index (Phi) is 8.96. The van der Waals surface area contributed by atoms with E-state index in [0.717, 1.165) is 37.2 Å². The van der Waals surface area contributed by atoms with Crippen molar-refractivity contribution in [3.8, 4) is 0 Å². The first-order valence-corrected chi connectivity index (χ1v) is 12.7. The van der Waals surface area contributed by atoms with Crippen molar-refractivity contribution in [2.75, 3.05) is 25.0 Å². The van der Waals surface area contributed by atoms with E-state index in [1.54, 1.807) is 42.0 Å². The van der Waals surface area contributed by atoms with Gasteiger partial charge in [0.15, 0.2) is 0 Å². The number of hydrogen-bond acceptors (Lipinski definition) is 6. The lowest BCUT2D eigenvalue weighted by atomic mass is 9.89. The highest BCUT2D eigenvalue weighted by atomic mass is 16.2. The number of carbonyl (C=O) groups excluding carboxylic acids is 3. The van der Waals surface area contributed by atoms with Gasteiger partial charge in [0.05, 0.1) is 29.5 Å². The fraction of sp³-hybridized carbons (Fsp3) is 0.407. The molecule has 0 aromatic carbocycles. The molecule has 0 radical (unpaired) electrons. The molecule has 4 rings (SSSR count). The van der Waals surface area contributed by atoms with Crippen LogP contribution >= 0.6 is 0 Å². The van der Waals surface area contributed by atoms with Crippen LogP contribution in [0, 0.1) is 6.92 Å². The van der Waals surface area contributed by atoms with Crippen molar-refractivity contribution in [3.63, 3.8) is 0 Å². The Morgan fingerprint density at radius 2 is 1.89 bits per heavy atom. The van der Waals surface area contributed by atoms with Gasteiger partial charge in [0.25, 0.3) is 5.91 Å². The zero-order valence-corrected chi connectivity index (χ0v) is 21.1. The molecule has 3 aromatic heterocycles. The maximum absolute atomic E-state index is 13.0. The summed E-state index contributed by atoms with van der Waals surface area (Å²) in [5, 5.41) is 5.77. The fourth-order valence-corrected chi connectivity index (χ4v) is 4.50. The normalized spacial score (nSPS) is 13.8. The van der Waals surface area contributed by atoms with Crippen LogP contribution < -0.4 is 10.6 Å². The van der Waals surface area contributed by atoms with Crippen LogP contribution in [-0.2, 0) is 16.1 Å². The minimum absolute atomic E-state index is 0.0344. The molecule has 10 heteroatoms. The topological polar surface area (TPSA) is 122 Å². The van der Waals surface area contributed by atoms with Gasteiger partial charge in [0.2, 0.25) is 11.8 Å². The number of imidazole rings is 1. The number of piperidine rings is 1. The Hall–Kier alpha value is -4.08. The molecule has 194 valence electrons. The lowest BCUT2D eigenvalue weighted by molar-refractivity contribution is -0.133. The minimum Gasteiger partial charge on any atom is -0.352 e. The van der Waals surface area contributed by atoms with Crippen molar-refractivity contribution >= 4 is 23.4 Å². The van der Waals surface area contributed by atoms with Crippen molar-refractivity contribution in [2.45, 2.75) is 51.5 Å². The quantitative estimate of drug-likeness (QED) is 0.410. The number of hydrogen-bond donors (Lipinski definition) is 2. The van der Waals surface area contributed by atoms with Gasteiger partial charge in [-0.25, -0.2) is 4.98 Å².